The second-order valence-corrected chi connectivity index (χ2v) is 4.79. The first kappa shape index (κ1) is 11.4. The van der Waals surface area contributed by atoms with Gasteiger partial charge in [-0.15, -0.1) is 0 Å². The van der Waals surface area contributed by atoms with Gasteiger partial charge >= 0.3 is 0 Å². The summed E-state index contributed by atoms with van der Waals surface area (Å²) in [5, 5.41) is 0. The van der Waals surface area contributed by atoms with Gasteiger partial charge in [0.25, 0.3) is 0 Å². The van der Waals surface area contributed by atoms with E-state index in [0.29, 0.717) is 12.0 Å². The average Bonchev–Trinajstić information content (AvgIpc) is 2.16. The molecule has 13 heavy (non-hydrogen) atoms. The molecule has 3 atom stereocenters. The van der Waals surface area contributed by atoms with E-state index in [9.17, 15) is 0 Å². The zero-order valence-electron chi connectivity index (χ0n) is 8.83. The Bertz CT molecular complexity index is 138. The van der Waals surface area contributed by atoms with Gasteiger partial charge in [-0.3, -0.25) is 0 Å². The molecule has 1 nitrogen and oxygen atoms in total. The first-order valence-electron chi connectivity index (χ1n) is 5.46. The summed E-state index contributed by atoms with van der Waals surface area (Å²) in [5.41, 5.74) is 0. The minimum Gasteiger partial charge on any atom is -0.378 e. The zero-order chi connectivity index (χ0) is 9.68. The standard InChI is InChI=1S/C11H22OS/c1-9(8-13)7-12-11-6-4-3-5-10(11)2/h9-11,13H,3-8H2,1-2H3. The van der Waals surface area contributed by atoms with Crippen LogP contribution in [-0.4, -0.2) is 18.5 Å². The fraction of sp³-hybridized carbons (Fsp3) is 1.00. The van der Waals surface area contributed by atoms with E-state index < -0.39 is 0 Å². The third-order valence-corrected chi connectivity index (χ3v) is 3.56. The molecule has 1 rings (SSSR count). The Balaban J connectivity index is 2.18. The molecule has 78 valence electrons. The van der Waals surface area contributed by atoms with Crippen molar-refractivity contribution in [2.75, 3.05) is 12.4 Å². The van der Waals surface area contributed by atoms with Gasteiger partial charge in [0.05, 0.1) is 12.7 Å². The molecule has 0 N–H and O–H groups in total. The Morgan fingerprint density at radius 1 is 1.38 bits per heavy atom. The lowest BCUT2D eigenvalue weighted by Crippen LogP contribution is -2.27. The predicted molar refractivity (Wildman–Crippen MR) is 60.4 cm³/mol. The molecule has 0 bridgehead atoms. The van der Waals surface area contributed by atoms with Crippen molar-refractivity contribution in [3.8, 4) is 0 Å². The molecule has 1 fully saturated rings. The van der Waals surface area contributed by atoms with Gasteiger partial charge in [0.1, 0.15) is 0 Å². The van der Waals surface area contributed by atoms with Crippen LogP contribution >= 0.6 is 12.6 Å². The first-order chi connectivity index (χ1) is 6.24. The van der Waals surface area contributed by atoms with Crippen molar-refractivity contribution in [1.82, 2.24) is 0 Å². The van der Waals surface area contributed by atoms with Crippen molar-refractivity contribution < 1.29 is 4.74 Å². The summed E-state index contributed by atoms with van der Waals surface area (Å²) in [7, 11) is 0. The summed E-state index contributed by atoms with van der Waals surface area (Å²) < 4.78 is 5.90. The smallest absolute Gasteiger partial charge is 0.0600 e. The van der Waals surface area contributed by atoms with Gasteiger partial charge in [-0.2, -0.15) is 12.6 Å². The molecule has 0 aromatic heterocycles. The fourth-order valence-corrected chi connectivity index (χ4v) is 1.98. The number of rotatable bonds is 4. The summed E-state index contributed by atoms with van der Waals surface area (Å²) >= 11 is 4.26. The lowest BCUT2D eigenvalue weighted by Gasteiger charge is -2.29. The van der Waals surface area contributed by atoms with Crippen LogP contribution in [0.25, 0.3) is 0 Å². The van der Waals surface area contributed by atoms with Crippen molar-refractivity contribution in [3.05, 3.63) is 0 Å². The maximum absolute atomic E-state index is 5.90. The van der Waals surface area contributed by atoms with Crippen LogP contribution in [0.15, 0.2) is 0 Å². The molecule has 0 aromatic rings. The molecule has 2 heteroatoms. The highest BCUT2D eigenvalue weighted by Gasteiger charge is 2.21. The molecule has 0 radical (unpaired) electrons. The molecule has 1 aliphatic carbocycles. The third-order valence-electron chi connectivity index (χ3n) is 2.94. The molecular weight excluding hydrogens is 180 g/mol. The van der Waals surface area contributed by atoms with Crippen LogP contribution in [0, 0.1) is 11.8 Å². The largest absolute Gasteiger partial charge is 0.378 e. The van der Waals surface area contributed by atoms with Gasteiger partial charge in [0.15, 0.2) is 0 Å². The lowest BCUT2D eigenvalue weighted by atomic mass is 9.88. The van der Waals surface area contributed by atoms with E-state index in [2.05, 4.69) is 26.5 Å². The van der Waals surface area contributed by atoms with E-state index >= 15 is 0 Å². The van der Waals surface area contributed by atoms with Gasteiger partial charge in [0.2, 0.25) is 0 Å². The first-order valence-corrected chi connectivity index (χ1v) is 6.09. The monoisotopic (exact) mass is 202 g/mol. The Morgan fingerprint density at radius 2 is 2.08 bits per heavy atom. The average molecular weight is 202 g/mol. The van der Waals surface area contributed by atoms with Crippen molar-refractivity contribution in [3.63, 3.8) is 0 Å². The number of hydrogen-bond acceptors (Lipinski definition) is 2. The summed E-state index contributed by atoms with van der Waals surface area (Å²) in [5.74, 6) is 2.29. The Hall–Kier alpha value is 0.310. The highest BCUT2D eigenvalue weighted by molar-refractivity contribution is 7.80. The van der Waals surface area contributed by atoms with Gasteiger partial charge in [0, 0.05) is 0 Å². The summed E-state index contributed by atoms with van der Waals surface area (Å²) in [4.78, 5) is 0. The van der Waals surface area contributed by atoms with Crippen molar-refractivity contribution in [2.45, 2.75) is 45.6 Å². The minimum absolute atomic E-state index is 0.524. The molecule has 0 amide bonds. The highest BCUT2D eigenvalue weighted by atomic mass is 32.1. The second kappa shape index (κ2) is 5.92. The lowest BCUT2D eigenvalue weighted by molar-refractivity contribution is -0.0164. The SMILES string of the molecule is CC(CS)COC1CCCCC1C. The quantitative estimate of drug-likeness (QED) is 0.689. The van der Waals surface area contributed by atoms with Gasteiger partial charge in [-0.05, 0) is 30.4 Å². The zero-order valence-corrected chi connectivity index (χ0v) is 9.72. The Morgan fingerprint density at radius 3 is 2.69 bits per heavy atom. The number of thiol groups is 1. The van der Waals surface area contributed by atoms with E-state index in [1.54, 1.807) is 0 Å². The molecular formula is C11H22OS. The number of hydrogen-bond donors (Lipinski definition) is 1. The van der Waals surface area contributed by atoms with Crippen LogP contribution in [0.5, 0.6) is 0 Å². The van der Waals surface area contributed by atoms with Gasteiger partial charge in [-0.25, -0.2) is 0 Å². The molecule has 0 heterocycles. The maximum Gasteiger partial charge on any atom is 0.0600 e. The maximum atomic E-state index is 5.90. The molecule has 0 saturated heterocycles. The molecule has 0 aliphatic heterocycles. The van der Waals surface area contributed by atoms with E-state index in [1.165, 1.54) is 25.7 Å². The Kier molecular flexibility index (Phi) is 5.18. The van der Waals surface area contributed by atoms with E-state index in [0.717, 1.165) is 18.3 Å². The van der Waals surface area contributed by atoms with Crippen molar-refractivity contribution in [2.24, 2.45) is 11.8 Å². The topological polar surface area (TPSA) is 9.23 Å². The predicted octanol–water partition coefficient (Wildman–Crippen LogP) is 3.15. The molecule has 0 spiro atoms. The van der Waals surface area contributed by atoms with Crippen LogP contribution in [0.2, 0.25) is 0 Å². The van der Waals surface area contributed by atoms with E-state index in [4.69, 9.17) is 4.74 Å². The molecule has 0 aromatic carbocycles. The van der Waals surface area contributed by atoms with Gasteiger partial charge < -0.3 is 4.74 Å². The Labute approximate surface area is 87.7 Å². The van der Waals surface area contributed by atoms with Gasteiger partial charge in [-0.1, -0.05) is 26.7 Å². The molecule has 1 saturated carbocycles. The van der Waals surface area contributed by atoms with Crippen molar-refractivity contribution >= 4 is 12.6 Å². The van der Waals surface area contributed by atoms with E-state index in [1.807, 2.05) is 0 Å². The molecule has 3 unspecified atom stereocenters. The summed E-state index contributed by atoms with van der Waals surface area (Å²) in [6.45, 7) is 5.40. The number of ether oxygens (including phenoxy) is 1. The van der Waals surface area contributed by atoms with Crippen LogP contribution in [-0.2, 0) is 4.74 Å². The molecule has 1 aliphatic rings. The second-order valence-electron chi connectivity index (χ2n) is 4.42. The van der Waals surface area contributed by atoms with Crippen LogP contribution in [0.4, 0.5) is 0 Å². The van der Waals surface area contributed by atoms with E-state index in [-0.39, 0.29) is 0 Å². The highest BCUT2D eigenvalue weighted by Crippen LogP contribution is 2.26. The minimum atomic E-state index is 0.524. The summed E-state index contributed by atoms with van der Waals surface area (Å²) in [6, 6.07) is 0. The van der Waals surface area contributed by atoms with Crippen LogP contribution in [0.1, 0.15) is 39.5 Å². The van der Waals surface area contributed by atoms with Crippen LogP contribution < -0.4 is 0 Å². The normalized spacial score (nSPS) is 31.6. The fourth-order valence-electron chi connectivity index (χ4n) is 1.87. The van der Waals surface area contributed by atoms with Crippen LogP contribution in [0.3, 0.4) is 0 Å². The third kappa shape index (κ3) is 3.90. The van der Waals surface area contributed by atoms with Crippen molar-refractivity contribution in [1.29, 1.82) is 0 Å². The summed E-state index contributed by atoms with van der Waals surface area (Å²) in [6.07, 6.45) is 5.88.